The predicted octanol–water partition coefficient (Wildman–Crippen LogP) is 1.39. The summed E-state index contributed by atoms with van der Waals surface area (Å²) in [5, 5.41) is 2.77. The molecule has 1 fully saturated rings. The van der Waals surface area contributed by atoms with E-state index in [-0.39, 0.29) is 23.3 Å². The maximum atomic E-state index is 12.5. The molecule has 120 valence electrons. The van der Waals surface area contributed by atoms with E-state index in [9.17, 15) is 9.59 Å². The van der Waals surface area contributed by atoms with E-state index in [4.69, 9.17) is 5.73 Å². The summed E-state index contributed by atoms with van der Waals surface area (Å²) in [6.07, 6.45) is 0.790. The van der Waals surface area contributed by atoms with Gasteiger partial charge in [0.25, 0.3) is 5.91 Å². The van der Waals surface area contributed by atoms with Crippen molar-refractivity contribution in [1.82, 2.24) is 10.2 Å². The highest BCUT2D eigenvalue weighted by Gasteiger charge is 2.36. The molecule has 0 saturated carbocycles. The van der Waals surface area contributed by atoms with Gasteiger partial charge in [0.05, 0.1) is 0 Å². The van der Waals surface area contributed by atoms with Crippen LogP contribution in [0.3, 0.4) is 0 Å². The van der Waals surface area contributed by atoms with Crippen LogP contribution in [0.25, 0.3) is 0 Å². The van der Waals surface area contributed by atoms with Crippen molar-refractivity contribution in [3.05, 3.63) is 35.9 Å². The molecule has 5 nitrogen and oxygen atoms in total. The van der Waals surface area contributed by atoms with Crippen LogP contribution in [0, 0.1) is 5.41 Å². The van der Waals surface area contributed by atoms with Crippen molar-refractivity contribution in [1.29, 1.82) is 0 Å². The van der Waals surface area contributed by atoms with Crippen LogP contribution in [-0.4, -0.2) is 41.9 Å². The zero-order chi connectivity index (χ0) is 16.3. The van der Waals surface area contributed by atoms with Crippen LogP contribution in [0.2, 0.25) is 0 Å². The minimum absolute atomic E-state index is 0.0516. The minimum Gasteiger partial charge on any atom is -0.341 e. The Balaban J connectivity index is 1.96. The van der Waals surface area contributed by atoms with Gasteiger partial charge in [0.1, 0.15) is 6.04 Å². The summed E-state index contributed by atoms with van der Waals surface area (Å²) in [5.41, 5.74) is 6.56. The molecule has 3 N–H and O–H groups in total. The molecule has 22 heavy (non-hydrogen) atoms. The second-order valence-corrected chi connectivity index (χ2v) is 6.70. The van der Waals surface area contributed by atoms with Gasteiger partial charge in [-0.15, -0.1) is 0 Å². The van der Waals surface area contributed by atoms with E-state index in [0.29, 0.717) is 18.7 Å². The van der Waals surface area contributed by atoms with Crippen LogP contribution < -0.4 is 11.1 Å². The molecule has 0 aromatic heterocycles. The molecule has 2 rings (SSSR count). The van der Waals surface area contributed by atoms with Gasteiger partial charge in [-0.1, -0.05) is 32.0 Å². The summed E-state index contributed by atoms with van der Waals surface area (Å²) >= 11 is 0. The Morgan fingerprint density at radius 3 is 2.55 bits per heavy atom. The zero-order valence-electron chi connectivity index (χ0n) is 13.5. The van der Waals surface area contributed by atoms with Crippen LogP contribution >= 0.6 is 0 Å². The van der Waals surface area contributed by atoms with Crippen molar-refractivity contribution in [3.63, 3.8) is 0 Å². The van der Waals surface area contributed by atoms with E-state index in [1.54, 1.807) is 36.1 Å². The molecule has 2 atom stereocenters. The Morgan fingerprint density at radius 2 is 1.95 bits per heavy atom. The molecule has 1 aliphatic heterocycles. The normalized spacial score (nSPS) is 22.0. The molecule has 1 heterocycles. The van der Waals surface area contributed by atoms with Crippen molar-refractivity contribution in [2.75, 3.05) is 13.1 Å². The first-order valence-electron chi connectivity index (χ1n) is 7.71. The van der Waals surface area contributed by atoms with Crippen LogP contribution in [0.1, 0.15) is 37.6 Å². The number of hydrogen-bond donors (Lipinski definition) is 2. The third-order valence-electron chi connectivity index (χ3n) is 4.38. The third-order valence-corrected chi connectivity index (χ3v) is 4.38. The van der Waals surface area contributed by atoms with Crippen molar-refractivity contribution < 1.29 is 9.59 Å². The van der Waals surface area contributed by atoms with Gasteiger partial charge >= 0.3 is 0 Å². The lowest BCUT2D eigenvalue weighted by molar-refractivity contribution is -0.136. The Morgan fingerprint density at radius 1 is 1.32 bits per heavy atom. The first kappa shape index (κ1) is 16.5. The highest BCUT2D eigenvalue weighted by molar-refractivity contribution is 5.97. The number of nitrogens with two attached hydrogens (primary N) is 1. The number of hydrogen-bond acceptors (Lipinski definition) is 3. The number of amides is 2. The van der Waals surface area contributed by atoms with Crippen molar-refractivity contribution in [2.24, 2.45) is 11.1 Å². The third kappa shape index (κ3) is 3.65. The van der Waals surface area contributed by atoms with Crippen LogP contribution in [-0.2, 0) is 4.79 Å². The Labute approximate surface area is 131 Å². The second-order valence-electron chi connectivity index (χ2n) is 6.70. The summed E-state index contributed by atoms with van der Waals surface area (Å²) in [6.45, 7) is 7.15. The topological polar surface area (TPSA) is 75.4 Å². The number of rotatable bonds is 3. The molecular formula is C17H25N3O2. The molecule has 0 bridgehead atoms. The lowest BCUT2D eigenvalue weighted by Gasteiger charge is -2.43. The highest BCUT2D eigenvalue weighted by atomic mass is 16.2. The van der Waals surface area contributed by atoms with Crippen molar-refractivity contribution in [3.8, 4) is 0 Å². The van der Waals surface area contributed by atoms with E-state index in [2.05, 4.69) is 19.2 Å². The Bertz CT molecular complexity index is 542. The number of likely N-dealkylation sites (tertiary alicyclic amines) is 1. The van der Waals surface area contributed by atoms with Crippen LogP contribution in [0.5, 0.6) is 0 Å². The molecular weight excluding hydrogens is 278 g/mol. The summed E-state index contributed by atoms with van der Waals surface area (Å²) < 4.78 is 0. The average Bonchev–Trinajstić information content (AvgIpc) is 2.50. The van der Waals surface area contributed by atoms with Gasteiger partial charge in [-0.05, 0) is 30.9 Å². The van der Waals surface area contributed by atoms with Gasteiger partial charge in [-0.25, -0.2) is 0 Å². The van der Waals surface area contributed by atoms with E-state index < -0.39 is 6.04 Å². The lowest BCUT2D eigenvalue weighted by atomic mass is 9.79. The van der Waals surface area contributed by atoms with Crippen molar-refractivity contribution >= 4 is 11.8 Å². The number of piperidine rings is 1. The fraction of sp³-hybridized carbons (Fsp3) is 0.529. The van der Waals surface area contributed by atoms with Crippen LogP contribution in [0.4, 0.5) is 0 Å². The van der Waals surface area contributed by atoms with Crippen LogP contribution in [0.15, 0.2) is 30.3 Å². The van der Waals surface area contributed by atoms with E-state index in [1.807, 2.05) is 6.07 Å². The fourth-order valence-corrected chi connectivity index (χ4v) is 2.77. The molecule has 0 aliphatic carbocycles. The number of carbonyl (C=O) groups is 2. The lowest BCUT2D eigenvalue weighted by Crippen LogP contribution is -2.57. The monoisotopic (exact) mass is 303 g/mol. The number of carbonyl (C=O) groups excluding carboxylic acids is 2. The molecule has 1 aliphatic rings. The smallest absolute Gasteiger partial charge is 0.251 e. The maximum absolute atomic E-state index is 12.5. The largest absolute Gasteiger partial charge is 0.341 e. The second kappa shape index (κ2) is 6.48. The molecule has 0 spiro atoms. The predicted molar refractivity (Wildman–Crippen MR) is 86.3 cm³/mol. The molecule has 2 amide bonds. The molecule has 5 heteroatoms. The molecule has 1 saturated heterocycles. The Hall–Kier alpha value is -1.88. The van der Waals surface area contributed by atoms with E-state index >= 15 is 0 Å². The van der Waals surface area contributed by atoms with Gasteiger partial charge in [0.2, 0.25) is 5.91 Å². The zero-order valence-corrected chi connectivity index (χ0v) is 13.5. The van der Waals surface area contributed by atoms with Gasteiger partial charge in [0.15, 0.2) is 0 Å². The number of nitrogens with zero attached hydrogens (tertiary/aromatic N) is 1. The number of nitrogens with one attached hydrogen (secondary N) is 1. The molecule has 0 radical (unpaired) electrons. The quantitative estimate of drug-likeness (QED) is 0.886. The van der Waals surface area contributed by atoms with E-state index in [1.165, 1.54) is 0 Å². The first-order valence-corrected chi connectivity index (χ1v) is 7.71. The standard InChI is InChI=1S/C17H25N3O2/c1-12(19-15(21)13-7-5-4-6-8-13)16(22)20-10-9-14(18)17(2,3)11-20/h4-8,12,14H,9-11,18H2,1-3H3,(H,19,21). The molecule has 2 unspecified atom stereocenters. The highest BCUT2D eigenvalue weighted by Crippen LogP contribution is 2.27. The summed E-state index contributed by atoms with van der Waals surface area (Å²) in [6, 6.07) is 8.48. The SMILES string of the molecule is CC(NC(=O)c1ccccc1)C(=O)N1CCC(N)C(C)(C)C1. The molecule has 1 aromatic rings. The van der Waals surface area contributed by atoms with Gasteiger partial charge in [-0.3, -0.25) is 9.59 Å². The Kier molecular flexibility index (Phi) is 4.86. The summed E-state index contributed by atoms with van der Waals surface area (Å²) in [7, 11) is 0. The van der Waals surface area contributed by atoms with Gasteiger partial charge in [0, 0.05) is 24.7 Å². The van der Waals surface area contributed by atoms with Crippen molar-refractivity contribution in [2.45, 2.75) is 39.3 Å². The maximum Gasteiger partial charge on any atom is 0.251 e. The van der Waals surface area contributed by atoms with Gasteiger partial charge < -0.3 is 16.0 Å². The van der Waals surface area contributed by atoms with E-state index in [0.717, 1.165) is 6.42 Å². The molecule has 1 aromatic carbocycles. The minimum atomic E-state index is -0.544. The average molecular weight is 303 g/mol. The summed E-state index contributed by atoms with van der Waals surface area (Å²) in [5.74, 6) is -0.279. The number of benzene rings is 1. The first-order chi connectivity index (χ1) is 10.3. The summed E-state index contributed by atoms with van der Waals surface area (Å²) in [4.78, 5) is 26.5. The fourth-order valence-electron chi connectivity index (χ4n) is 2.77. The van der Waals surface area contributed by atoms with Gasteiger partial charge in [-0.2, -0.15) is 0 Å².